The number of hydrogen-bond acceptors (Lipinski definition) is 3. The summed E-state index contributed by atoms with van der Waals surface area (Å²) in [6, 6.07) is 10.5. The minimum atomic E-state index is -0.210. The molecule has 2 heterocycles. The largest absolute Gasteiger partial charge is 0.711 e. The summed E-state index contributed by atoms with van der Waals surface area (Å²) in [5.41, 5.74) is 1.66. The molecule has 1 aromatic carbocycles. The van der Waals surface area contributed by atoms with Gasteiger partial charge in [0, 0.05) is 17.6 Å². The van der Waals surface area contributed by atoms with Crippen LogP contribution in [0.3, 0.4) is 0 Å². The zero-order valence-electron chi connectivity index (χ0n) is 11.8. The van der Waals surface area contributed by atoms with Crippen LogP contribution in [0.5, 0.6) is 0 Å². The summed E-state index contributed by atoms with van der Waals surface area (Å²) in [6.07, 6.45) is 1.38. The maximum atomic E-state index is 12.1. The van der Waals surface area contributed by atoms with Crippen LogP contribution in [0.1, 0.15) is 0 Å². The summed E-state index contributed by atoms with van der Waals surface area (Å²) in [7, 11) is 1.55. The first-order valence-electron chi connectivity index (χ1n) is 6.65. The zero-order chi connectivity index (χ0) is 15.7. The molecule has 112 valence electrons. The molecule has 7 heteroatoms. The molecule has 0 spiro atoms. The van der Waals surface area contributed by atoms with Crippen LogP contribution in [0.25, 0.3) is 22.6 Å². The molecule has 3 rings (SSSR count). The monoisotopic (exact) mass is 316 g/mol. The Balaban J connectivity index is 2.24. The second-order valence-corrected chi connectivity index (χ2v) is 5.18. The number of fused-ring (bicyclic) bond motifs is 1. The number of pyridine rings is 1. The molecule has 0 bridgehead atoms. The second-order valence-electron chi connectivity index (χ2n) is 4.74. The Labute approximate surface area is 131 Å². The molecule has 0 unspecified atom stereocenters. The van der Waals surface area contributed by atoms with Crippen LogP contribution < -0.4 is 10.0 Å². The quantitative estimate of drug-likeness (QED) is 0.591. The number of hydrogen-bond donors (Lipinski definition) is 1. The molecule has 0 fully saturated rings. The van der Waals surface area contributed by atoms with Crippen LogP contribution in [0.15, 0.2) is 42.6 Å². The molecule has 1 N–H and O–H groups in total. The topological polar surface area (TPSA) is 73.9 Å². The highest BCUT2D eigenvalue weighted by Gasteiger charge is 2.23. The lowest BCUT2D eigenvalue weighted by Gasteiger charge is -2.06. The van der Waals surface area contributed by atoms with Crippen molar-refractivity contribution < 1.29 is 9.52 Å². The van der Waals surface area contributed by atoms with Gasteiger partial charge in [-0.3, -0.25) is 4.79 Å². The normalized spacial score (nSPS) is 10.8. The van der Waals surface area contributed by atoms with Gasteiger partial charge in [0.05, 0.1) is 6.20 Å². The fraction of sp³-hybridized carbons (Fsp3) is 0.133. The summed E-state index contributed by atoms with van der Waals surface area (Å²) >= 11 is 5.90. The summed E-state index contributed by atoms with van der Waals surface area (Å²) in [6.45, 7) is 0.0111. The Hall–Kier alpha value is -2.60. The third-order valence-electron chi connectivity index (χ3n) is 3.33. The fourth-order valence-electron chi connectivity index (χ4n) is 2.28. The van der Waals surface area contributed by atoms with Crippen molar-refractivity contribution in [1.29, 1.82) is 0 Å². The van der Waals surface area contributed by atoms with Gasteiger partial charge in [-0.15, -0.1) is 0 Å². The molecule has 6 nitrogen and oxygen atoms in total. The first kappa shape index (κ1) is 14.3. The predicted octanol–water partition coefficient (Wildman–Crippen LogP) is 1.74. The lowest BCUT2D eigenvalue weighted by atomic mass is 10.2. The van der Waals surface area contributed by atoms with Crippen molar-refractivity contribution in [2.75, 3.05) is 7.05 Å². The summed E-state index contributed by atoms with van der Waals surface area (Å²) in [5.74, 6) is 0.337. The molecule has 0 atom stereocenters. The van der Waals surface area contributed by atoms with Gasteiger partial charge in [-0.1, -0.05) is 11.6 Å². The fourth-order valence-corrected chi connectivity index (χ4v) is 2.41. The number of imidazole rings is 1. The minimum Gasteiger partial charge on any atom is -0.711 e. The molecule has 0 aliphatic heterocycles. The molecule has 3 aromatic rings. The van der Waals surface area contributed by atoms with E-state index in [0.717, 1.165) is 5.56 Å². The van der Waals surface area contributed by atoms with E-state index in [4.69, 9.17) is 11.6 Å². The molecular weight excluding hydrogens is 304 g/mol. The van der Waals surface area contributed by atoms with Gasteiger partial charge in [0.1, 0.15) is 0 Å². The van der Waals surface area contributed by atoms with E-state index in [1.54, 1.807) is 48.0 Å². The number of nitrogens with zero attached hydrogens (tertiary/aromatic N) is 3. The molecule has 1 amide bonds. The number of likely N-dealkylation sites (N-methyl/N-ethyl adjacent to an activating group) is 1. The standard InChI is InChI=1S/C15H13ClN4O2/c1-17-13(21)9-19-14(10-4-6-11(16)7-5-10)18-12-3-2-8-20(22)15(12)19/h2-8H,9H2,1H3,(H,17,21). The number of rotatable bonds is 3. The number of amides is 1. The van der Waals surface area contributed by atoms with E-state index in [1.165, 1.54) is 6.20 Å². The van der Waals surface area contributed by atoms with Gasteiger partial charge in [-0.25, -0.2) is 9.71 Å². The number of carbonyl (C=O) groups excluding carboxylic acids is 1. The van der Waals surface area contributed by atoms with E-state index in [2.05, 4.69) is 10.3 Å². The third-order valence-corrected chi connectivity index (χ3v) is 3.59. The highest BCUT2D eigenvalue weighted by molar-refractivity contribution is 6.30. The van der Waals surface area contributed by atoms with E-state index < -0.39 is 0 Å². The number of carbonyl (C=O) groups is 1. The van der Waals surface area contributed by atoms with Crippen molar-refractivity contribution in [3.8, 4) is 11.4 Å². The zero-order valence-corrected chi connectivity index (χ0v) is 12.5. The van der Waals surface area contributed by atoms with Gasteiger partial charge in [0.15, 0.2) is 12.1 Å². The highest BCUT2D eigenvalue weighted by Crippen LogP contribution is 2.24. The SMILES string of the molecule is CNC(=O)Cn1c(-c2ccc(Cl)cc2)nc2ccc[n+]([O-])c21. The smallest absolute Gasteiger partial charge is 0.312 e. The molecule has 0 saturated carbocycles. The number of benzene rings is 1. The van der Waals surface area contributed by atoms with Crippen LogP contribution in [0.2, 0.25) is 5.02 Å². The maximum Gasteiger partial charge on any atom is 0.312 e. The van der Waals surface area contributed by atoms with Crippen LogP contribution >= 0.6 is 11.6 Å². The second kappa shape index (κ2) is 5.65. The van der Waals surface area contributed by atoms with Crippen LogP contribution in [0.4, 0.5) is 0 Å². The van der Waals surface area contributed by atoms with Crippen LogP contribution in [-0.4, -0.2) is 22.5 Å². The number of aromatic nitrogens is 3. The first-order chi connectivity index (χ1) is 10.6. The molecule has 22 heavy (non-hydrogen) atoms. The number of halogens is 1. The van der Waals surface area contributed by atoms with Gasteiger partial charge >= 0.3 is 5.65 Å². The molecule has 0 aliphatic carbocycles. The Bertz CT molecular complexity index is 843. The average molecular weight is 317 g/mol. The van der Waals surface area contributed by atoms with E-state index in [1.807, 2.05) is 0 Å². The van der Waals surface area contributed by atoms with E-state index in [0.29, 0.717) is 26.7 Å². The van der Waals surface area contributed by atoms with Gasteiger partial charge in [0.25, 0.3) is 5.91 Å². The lowest BCUT2D eigenvalue weighted by Crippen LogP contribution is -2.31. The molecule has 0 saturated heterocycles. The minimum absolute atomic E-state index is 0.0111. The van der Waals surface area contributed by atoms with E-state index in [9.17, 15) is 10.0 Å². The van der Waals surface area contributed by atoms with Gasteiger partial charge in [-0.2, -0.15) is 4.57 Å². The number of nitrogens with one attached hydrogen (secondary N) is 1. The van der Waals surface area contributed by atoms with Crippen LogP contribution in [-0.2, 0) is 11.3 Å². The molecule has 0 aliphatic rings. The van der Waals surface area contributed by atoms with Crippen molar-refractivity contribution in [1.82, 2.24) is 14.9 Å². The van der Waals surface area contributed by atoms with Crippen molar-refractivity contribution in [3.63, 3.8) is 0 Å². The molecule has 2 aromatic heterocycles. The third kappa shape index (κ3) is 2.48. The van der Waals surface area contributed by atoms with E-state index in [-0.39, 0.29) is 12.5 Å². The van der Waals surface area contributed by atoms with Crippen molar-refractivity contribution >= 4 is 28.7 Å². The van der Waals surface area contributed by atoms with E-state index >= 15 is 0 Å². The van der Waals surface area contributed by atoms with Crippen LogP contribution in [0, 0.1) is 5.21 Å². The predicted molar refractivity (Wildman–Crippen MR) is 83.2 cm³/mol. The van der Waals surface area contributed by atoms with Crippen molar-refractivity contribution in [2.24, 2.45) is 0 Å². The summed E-state index contributed by atoms with van der Waals surface area (Å²) in [5, 5.41) is 15.2. The molecular formula is C15H13ClN4O2. The molecule has 0 radical (unpaired) electrons. The maximum absolute atomic E-state index is 12.1. The van der Waals surface area contributed by atoms with Crippen molar-refractivity contribution in [3.05, 3.63) is 52.8 Å². The Morgan fingerprint density at radius 3 is 2.77 bits per heavy atom. The van der Waals surface area contributed by atoms with Gasteiger partial charge in [-0.05, 0) is 36.4 Å². The summed E-state index contributed by atoms with van der Waals surface area (Å²) in [4.78, 5) is 16.3. The van der Waals surface area contributed by atoms with Crippen molar-refractivity contribution in [2.45, 2.75) is 6.54 Å². The lowest BCUT2D eigenvalue weighted by molar-refractivity contribution is -0.580. The van der Waals surface area contributed by atoms with Gasteiger partial charge < -0.3 is 10.5 Å². The van der Waals surface area contributed by atoms with Gasteiger partial charge in [0.2, 0.25) is 5.82 Å². The Morgan fingerprint density at radius 2 is 2.09 bits per heavy atom. The highest BCUT2D eigenvalue weighted by atomic mass is 35.5. The first-order valence-corrected chi connectivity index (χ1v) is 7.03. The summed E-state index contributed by atoms with van der Waals surface area (Å²) < 4.78 is 2.31. The average Bonchev–Trinajstić information content (AvgIpc) is 2.88. The Morgan fingerprint density at radius 1 is 1.36 bits per heavy atom. The Kier molecular flexibility index (Phi) is 3.68.